The van der Waals surface area contributed by atoms with Crippen molar-refractivity contribution in [3.63, 3.8) is 0 Å². The Labute approximate surface area is 250 Å². The first-order valence-corrected chi connectivity index (χ1v) is 13.7. The Morgan fingerprint density at radius 1 is 0.925 bits per heavy atom. The molecule has 3 aromatic rings. The molecule has 0 aliphatic rings. The van der Waals surface area contributed by atoms with E-state index in [4.69, 9.17) is 9.84 Å². The standard InChI is InChI=1S/C25H24N4O3.C6H14O.W/c1-3-5-8-16(4-2)15-32-25(31)19(13-26)21-17-9-6-12-29-24(17)22(20(30)14-27)18-10-7-11-28-23(18)21;1-2-3-4-5-6-7;/h6-7,9-12,16,30H,3-5,8,15H2,1-2H3;7H,2-6H2,1H3;/b21-19+,22-20+;;. The molecule has 1 atom stereocenters. The predicted molar refractivity (Wildman–Crippen MR) is 152 cm³/mol. The van der Waals surface area contributed by atoms with E-state index in [9.17, 15) is 20.4 Å². The second-order valence-corrected chi connectivity index (χ2v) is 9.30. The quantitative estimate of drug-likeness (QED) is 0.123. The fourth-order valence-corrected chi connectivity index (χ4v) is 4.32. The van der Waals surface area contributed by atoms with Crippen LogP contribution in [0, 0.1) is 28.6 Å². The number of nitrogens with zero attached hydrogens (tertiary/aromatic N) is 4. The number of ether oxygens (including phenoxy) is 1. The molecule has 0 saturated heterocycles. The Kier molecular flexibility index (Phi) is 16.4. The van der Waals surface area contributed by atoms with Gasteiger partial charge in [0.15, 0.2) is 0 Å². The van der Waals surface area contributed by atoms with Gasteiger partial charge < -0.3 is 14.9 Å². The van der Waals surface area contributed by atoms with Gasteiger partial charge in [-0.05, 0) is 30.9 Å². The minimum Gasteiger partial charge on any atom is -0.499 e. The summed E-state index contributed by atoms with van der Waals surface area (Å²) in [5.41, 5.74) is 0.438. The molecule has 1 unspecified atom stereocenters. The van der Waals surface area contributed by atoms with Gasteiger partial charge in [-0.1, -0.05) is 71.4 Å². The number of benzene rings is 1. The average Bonchev–Trinajstić information content (AvgIpc) is 2.97. The molecular formula is C31H38N4O4W. The van der Waals surface area contributed by atoms with Crippen molar-refractivity contribution in [2.75, 3.05) is 13.2 Å². The number of nitriles is 2. The molecule has 0 spiro atoms. The molecule has 0 amide bonds. The van der Waals surface area contributed by atoms with Gasteiger partial charge in [0, 0.05) is 56.1 Å². The molecule has 0 bridgehead atoms. The number of carbonyl (C=O) groups excluding carboxylic acids is 1. The maximum Gasteiger partial charge on any atom is 0.349 e. The van der Waals surface area contributed by atoms with Gasteiger partial charge in [0.05, 0.1) is 22.9 Å². The molecule has 0 radical (unpaired) electrons. The second kappa shape index (κ2) is 18.9. The number of rotatable bonds is 11. The molecule has 0 aliphatic heterocycles. The first kappa shape index (κ1) is 34.7. The summed E-state index contributed by atoms with van der Waals surface area (Å²) in [6.45, 7) is 6.93. The molecule has 212 valence electrons. The molecule has 9 heteroatoms. The van der Waals surface area contributed by atoms with Crippen LogP contribution < -0.4 is 10.4 Å². The molecule has 0 saturated carbocycles. The van der Waals surface area contributed by atoms with Gasteiger partial charge in [0.25, 0.3) is 0 Å². The number of pyridine rings is 2. The van der Waals surface area contributed by atoms with Crippen LogP contribution in [-0.2, 0) is 30.6 Å². The largest absolute Gasteiger partial charge is 0.499 e. The van der Waals surface area contributed by atoms with E-state index in [1.165, 1.54) is 31.7 Å². The summed E-state index contributed by atoms with van der Waals surface area (Å²) in [6, 6.07) is 10.4. The van der Waals surface area contributed by atoms with Crippen LogP contribution in [0.15, 0.2) is 36.7 Å². The van der Waals surface area contributed by atoms with Crippen molar-refractivity contribution in [3.8, 4) is 12.1 Å². The van der Waals surface area contributed by atoms with Crippen molar-refractivity contribution in [1.29, 1.82) is 10.5 Å². The van der Waals surface area contributed by atoms with Crippen molar-refractivity contribution >= 4 is 39.1 Å². The number of hydrogen-bond acceptors (Lipinski definition) is 8. The van der Waals surface area contributed by atoms with Gasteiger partial charge in [-0.15, -0.1) is 0 Å². The third-order valence-corrected chi connectivity index (χ3v) is 6.54. The minimum absolute atomic E-state index is 0. The van der Waals surface area contributed by atoms with Crippen LogP contribution in [0.1, 0.15) is 72.1 Å². The molecule has 8 nitrogen and oxygen atoms in total. The number of esters is 1. The Morgan fingerprint density at radius 3 is 2.05 bits per heavy atom. The smallest absolute Gasteiger partial charge is 0.349 e. The zero-order valence-electron chi connectivity index (χ0n) is 23.5. The Hall–Kier alpha value is -3.32. The first-order chi connectivity index (χ1) is 19.0. The van der Waals surface area contributed by atoms with E-state index in [0.717, 1.165) is 32.1 Å². The van der Waals surface area contributed by atoms with Crippen LogP contribution in [0.4, 0.5) is 0 Å². The second-order valence-electron chi connectivity index (χ2n) is 9.30. The molecule has 2 heterocycles. The fourth-order valence-electron chi connectivity index (χ4n) is 4.32. The predicted octanol–water partition coefficient (Wildman–Crippen LogP) is 4.96. The zero-order chi connectivity index (χ0) is 28.6. The van der Waals surface area contributed by atoms with Gasteiger partial charge in [0.2, 0.25) is 5.76 Å². The van der Waals surface area contributed by atoms with Gasteiger partial charge in [0.1, 0.15) is 17.7 Å². The Balaban J connectivity index is 0.000000886. The molecule has 2 aromatic heterocycles. The van der Waals surface area contributed by atoms with Crippen LogP contribution in [0.5, 0.6) is 0 Å². The average molecular weight is 715 g/mol. The van der Waals surface area contributed by atoms with Crippen molar-refractivity contribution in [3.05, 3.63) is 47.1 Å². The number of unbranched alkanes of at least 4 members (excludes halogenated alkanes) is 4. The topological polar surface area (TPSA) is 140 Å². The fraction of sp³-hybridized carbons (Fsp3) is 0.452. The third-order valence-electron chi connectivity index (χ3n) is 6.54. The molecule has 0 fully saturated rings. The van der Waals surface area contributed by atoms with Crippen LogP contribution >= 0.6 is 0 Å². The van der Waals surface area contributed by atoms with E-state index in [0.29, 0.717) is 28.4 Å². The summed E-state index contributed by atoms with van der Waals surface area (Å²) in [6.07, 6.45) is 11.7. The van der Waals surface area contributed by atoms with E-state index >= 15 is 0 Å². The maximum atomic E-state index is 13.0. The van der Waals surface area contributed by atoms with Crippen molar-refractivity contribution in [2.24, 2.45) is 5.92 Å². The summed E-state index contributed by atoms with van der Waals surface area (Å²) in [5, 5.41) is 39.2. The van der Waals surface area contributed by atoms with E-state index in [2.05, 4.69) is 30.7 Å². The summed E-state index contributed by atoms with van der Waals surface area (Å²) in [4.78, 5) is 21.7. The van der Waals surface area contributed by atoms with Gasteiger partial charge in [-0.2, -0.15) is 10.5 Å². The summed E-state index contributed by atoms with van der Waals surface area (Å²) in [7, 11) is 0. The maximum absolute atomic E-state index is 13.0. The molecule has 3 rings (SSSR count). The van der Waals surface area contributed by atoms with Crippen LogP contribution in [0.25, 0.3) is 33.1 Å². The van der Waals surface area contributed by atoms with E-state index in [-0.39, 0.29) is 49.6 Å². The number of fused-ring (bicyclic) bond motifs is 2. The Morgan fingerprint density at radius 2 is 1.52 bits per heavy atom. The molecule has 2 N–H and O–H groups in total. The molecule has 1 aromatic carbocycles. The minimum atomic E-state index is -0.721. The van der Waals surface area contributed by atoms with Gasteiger partial charge in [-0.3, -0.25) is 9.97 Å². The van der Waals surface area contributed by atoms with Crippen LogP contribution in [0.3, 0.4) is 0 Å². The molecule has 40 heavy (non-hydrogen) atoms. The normalized spacial score (nSPS) is 12.7. The van der Waals surface area contributed by atoms with Crippen molar-refractivity contribution in [1.82, 2.24) is 9.97 Å². The number of carbonyl (C=O) groups is 1. The van der Waals surface area contributed by atoms with Crippen molar-refractivity contribution < 1.29 is 40.8 Å². The summed E-state index contributed by atoms with van der Waals surface area (Å²) in [5.74, 6) is -1.00. The number of aliphatic hydroxyl groups excluding tert-OH is 2. The number of hydrogen-bond donors (Lipinski definition) is 2. The van der Waals surface area contributed by atoms with Gasteiger partial charge >= 0.3 is 5.97 Å². The van der Waals surface area contributed by atoms with Crippen molar-refractivity contribution in [2.45, 2.75) is 72.1 Å². The number of aromatic nitrogens is 2. The van der Waals surface area contributed by atoms with E-state index in [1.54, 1.807) is 30.3 Å². The molecule has 0 aliphatic carbocycles. The van der Waals surface area contributed by atoms with Crippen LogP contribution in [0.2, 0.25) is 0 Å². The third kappa shape index (κ3) is 9.12. The molecular weight excluding hydrogens is 676 g/mol. The SMILES string of the molecule is CCCCC(CC)COC(=O)/C(C#N)=c1\c2cccnc2/c(=C(/O)C#N)c2cccnc12.CCCCCCO.[W]. The monoisotopic (exact) mass is 714 g/mol. The summed E-state index contributed by atoms with van der Waals surface area (Å²) >= 11 is 0. The van der Waals surface area contributed by atoms with E-state index in [1.807, 2.05) is 6.07 Å². The Bertz CT molecular complexity index is 1390. The first-order valence-electron chi connectivity index (χ1n) is 13.7. The van der Waals surface area contributed by atoms with E-state index < -0.39 is 11.7 Å². The van der Waals surface area contributed by atoms with Crippen LogP contribution in [-0.4, -0.2) is 39.4 Å². The summed E-state index contributed by atoms with van der Waals surface area (Å²) < 4.78 is 5.54. The van der Waals surface area contributed by atoms with Gasteiger partial charge in [-0.25, -0.2) is 4.79 Å². The number of aliphatic hydroxyl groups is 2. The zero-order valence-corrected chi connectivity index (χ0v) is 26.5.